The number of nitrogens with zero attached hydrogens (tertiary/aromatic N) is 2. The third-order valence-corrected chi connectivity index (χ3v) is 3.47. The monoisotopic (exact) mass is 247 g/mol. The van der Waals surface area contributed by atoms with Gasteiger partial charge in [-0.3, -0.25) is 0 Å². The van der Waals surface area contributed by atoms with E-state index in [0.29, 0.717) is 11.2 Å². The fourth-order valence-electron chi connectivity index (χ4n) is 2.44. The van der Waals surface area contributed by atoms with E-state index in [1.54, 1.807) is 0 Å². The zero-order chi connectivity index (χ0) is 11.8. The minimum absolute atomic E-state index is 0.350. The molecular weight excluding hydrogens is 234 g/mol. The molecule has 0 amide bonds. The Labute approximate surface area is 105 Å². The van der Waals surface area contributed by atoms with Gasteiger partial charge < -0.3 is 5.32 Å². The van der Waals surface area contributed by atoms with Crippen molar-refractivity contribution in [2.45, 2.75) is 19.3 Å². The average molecular weight is 248 g/mol. The van der Waals surface area contributed by atoms with Gasteiger partial charge in [0.15, 0.2) is 0 Å². The van der Waals surface area contributed by atoms with E-state index in [2.05, 4.69) is 34.3 Å². The zero-order valence-electron chi connectivity index (χ0n) is 9.70. The molecule has 2 aromatic rings. The first-order valence-corrected chi connectivity index (χ1v) is 6.26. The lowest BCUT2D eigenvalue weighted by Crippen LogP contribution is -2.09. The van der Waals surface area contributed by atoms with Crippen LogP contribution in [0.3, 0.4) is 0 Å². The van der Waals surface area contributed by atoms with Crippen LogP contribution in [-0.4, -0.2) is 23.1 Å². The molecule has 1 unspecified atom stereocenters. The Morgan fingerprint density at radius 3 is 3.00 bits per heavy atom. The van der Waals surface area contributed by atoms with Gasteiger partial charge in [0.1, 0.15) is 0 Å². The van der Waals surface area contributed by atoms with Crippen molar-refractivity contribution in [2.24, 2.45) is 0 Å². The molecule has 1 aliphatic heterocycles. The second-order valence-electron chi connectivity index (χ2n) is 4.59. The van der Waals surface area contributed by atoms with Gasteiger partial charge in [-0.25, -0.2) is 9.97 Å². The van der Waals surface area contributed by atoms with E-state index in [1.807, 2.05) is 6.07 Å². The summed E-state index contributed by atoms with van der Waals surface area (Å²) in [5.41, 5.74) is 3.27. The van der Waals surface area contributed by atoms with Crippen LogP contribution in [0.5, 0.6) is 0 Å². The summed E-state index contributed by atoms with van der Waals surface area (Å²) in [6.07, 6.45) is 1.12. The summed E-state index contributed by atoms with van der Waals surface area (Å²) in [6, 6.07) is 6.23. The van der Waals surface area contributed by atoms with E-state index in [-0.39, 0.29) is 0 Å². The lowest BCUT2D eigenvalue weighted by atomic mass is 9.99. The first-order chi connectivity index (χ1) is 8.24. The number of nitrogens with one attached hydrogen (secondary N) is 1. The smallest absolute Gasteiger partial charge is 0.223 e. The molecule has 0 aliphatic carbocycles. The summed E-state index contributed by atoms with van der Waals surface area (Å²) in [5, 5.41) is 4.86. The molecule has 4 heteroatoms. The molecular formula is C13H14ClN3. The van der Waals surface area contributed by atoms with Crippen molar-refractivity contribution in [1.29, 1.82) is 0 Å². The molecule has 2 heterocycles. The lowest BCUT2D eigenvalue weighted by Gasteiger charge is -2.11. The molecule has 0 bridgehead atoms. The first-order valence-electron chi connectivity index (χ1n) is 5.88. The molecule has 0 radical (unpaired) electrons. The molecule has 1 atom stereocenters. The highest BCUT2D eigenvalue weighted by Gasteiger charge is 2.21. The Morgan fingerprint density at radius 1 is 1.35 bits per heavy atom. The summed E-state index contributed by atoms with van der Waals surface area (Å²) in [7, 11) is 0. The fraction of sp³-hybridized carbons (Fsp3) is 0.385. The lowest BCUT2D eigenvalue weighted by molar-refractivity contribution is 0.740. The molecule has 1 aliphatic rings. The van der Waals surface area contributed by atoms with Crippen LogP contribution in [0.25, 0.3) is 10.9 Å². The summed E-state index contributed by atoms with van der Waals surface area (Å²) in [6.45, 7) is 4.13. The minimum atomic E-state index is 0.350. The maximum atomic E-state index is 6.00. The number of hydrogen-bond donors (Lipinski definition) is 1. The number of aryl methyl sites for hydroxylation is 1. The molecule has 3 rings (SSSR count). The molecule has 1 fully saturated rings. The highest BCUT2D eigenvalue weighted by Crippen LogP contribution is 2.28. The maximum absolute atomic E-state index is 6.00. The van der Waals surface area contributed by atoms with Crippen LogP contribution >= 0.6 is 11.6 Å². The third kappa shape index (κ3) is 2.01. The minimum Gasteiger partial charge on any atom is -0.316 e. The predicted molar refractivity (Wildman–Crippen MR) is 69.5 cm³/mol. The van der Waals surface area contributed by atoms with E-state index in [1.165, 1.54) is 5.56 Å². The molecule has 1 N–H and O–H groups in total. The quantitative estimate of drug-likeness (QED) is 0.788. The number of halogens is 1. The molecule has 0 saturated carbocycles. The van der Waals surface area contributed by atoms with Crippen molar-refractivity contribution in [3.8, 4) is 0 Å². The maximum Gasteiger partial charge on any atom is 0.223 e. The van der Waals surface area contributed by atoms with Crippen molar-refractivity contribution in [2.75, 3.05) is 13.1 Å². The van der Waals surface area contributed by atoms with E-state index in [4.69, 9.17) is 11.6 Å². The molecule has 17 heavy (non-hydrogen) atoms. The van der Waals surface area contributed by atoms with Crippen molar-refractivity contribution < 1.29 is 0 Å². The molecule has 0 spiro atoms. The Hall–Kier alpha value is -1.19. The van der Waals surface area contributed by atoms with Gasteiger partial charge in [0, 0.05) is 17.8 Å². The SMILES string of the molecule is Cc1ccc2nc(Cl)nc(C3CCNC3)c2c1. The standard InChI is InChI=1S/C13H14ClN3/c1-8-2-3-11-10(6-8)12(17-13(14)16-11)9-4-5-15-7-9/h2-3,6,9,15H,4-5,7H2,1H3. The predicted octanol–water partition coefficient (Wildman–Crippen LogP) is 2.67. The van der Waals surface area contributed by atoms with Gasteiger partial charge in [0.25, 0.3) is 0 Å². The van der Waals surface area contributed by atoms with Crippen molar-refractivity contribution in [3.05, 3.63) is 34.7 Å². The molecule has 3 nitrogen and oxygen atoms in total. The van der Waals surface area contributed by atoms with Gasteiger partial charge in [0.2, 0.25) is 5.28 Å². The Kier molecular flexibility index (Phi) is 2.73. The second kappa shape index (κ2) is 4.24. The molecule has 1 aromatic carbocycles. The van der Waals surface area contributed by atoms with Gasteiger partial charge in [0.05, 0.1) is 11.2 Å². The summed E-state index contributed by atoms with van der Waals surface area (Å²) >= 11 is 6.00. The van der Waals surface area contributed by atoms with E-state index < -0.39 is 0 Å². The van der Waals surface area contributed by atoms with Crippen LogP contribution in [0.15, 0.2) is 18.2 Å². The molecule has 1 aromatic heterocycles. The van der Waals surface area contributed by atoms with Gasteiger partial charge >= 0.3 is 0 Å². The van der Waals surface area contributed by atoms with Crippen LogP contribution in [0.4, 0.5) is 0 Å². The average Bonchev–Trinajstić information content (AvgIpc) is 2.82. The van der Waals surface area contributed by atoms with Crippen molar-refractivity contribution >= 4 is 22.5 Å². The Balaban J connectivity index is 2.23. The summed E-state index contributed by atoms with van der Waals surface area (Å²) < 4.78 is 0. The number of benzene rings is 1. The van der Waals surface area contributed by atoms with E-state index >= 15 is 0 Å². The summed E-state index contributed by atoms with van der Waals surface area (Å²) in [4.78, 5) is 8.72. The molecule has 1 saturated heterocycles. The number of aromatic nitrogens is 2. The van der Waals surface area contributed by atoms with E-state index in [9.17, 15) is 0 Å². The highest BCUT2D eigenvalue weighted by molar-refractivity contribution is 6.28. The third-order valence-electron chi connectivity index (χ3n) is 3.30. The number of fused-ring (bicyclic) bond motifs is 1. The Morgan fingerprint density at radius 2 is 2.24 bits per heavy atom. The highest BCUT2D eigenvalue weighted by atomic mass is 35.5. The zero-order valence-corrected chi connectivity index (χ0v) is 10.5. The number of hydrogen-bond acceptors (Lipinski definition) is 3. The van der Waals surface area contributed by atoms with Gasteiger partial charge in [-0.05, 0) is 43.6 Å². The second-order valence-corrected chi connectivity index (χ2v) is 4.93. The topological polar surface area (TPSA) is 37.8 Å². The first kappa shape index (κ1) is 10.9. The van der Waals surface area contributed by atoms with Crippen LogP contribution in [0.2, 0.25) is 5.28 Å². The van der Waals surface area contributed by atoms with Crippen LogP contribution in [-0.2, 0) is 0 Å². The van der Waals surface area contributed by atoms with Gasteiger partial charge in [-0.1, -0.05) is 11.6 Å². The Bertz CT molecular complexity index is 562. The largest absolute Gasteiger partial charge is 0.316 e. The number of rotatable bonds is 1. The van der Waals surface area contributed by atoms with Crippen molar-refractivity contribution in [1.82, 2.24) is 15.3 Å². The normalized spacial score (nSPS) is 20.0. The van der Waals surface area contributed by atoms with Crippen LogP contribution in [0.1, 0.15) is 23.6 Å². The summed E-state index contributed by atoms with van der Waals surface area (Å²) in [5.74, 6) is 0.458. The van der Waals surface area contributed by atoms with Gasteiger partial charge in [-0.15, -0.1) is 0 Å². The molecule has 88 valence electrons. The fourth-order valence-corrected chi connectivity index (χ4v) is 2.62. The van der Waals surface area contributed by atoms with E-state index in [0.717, 1.165) is 36.1 Å². The van der Waals surface area contributed by atoms with Crippen LogP contribution in [0, 0.1) is 6.92 Å². The van der Waals surface area contributed by atoms with Crippen molar-refractivity contribution in [3.63, 3.8) is 0 Å². The van der Waals surface area contributed by atoms with Crippen LogP contribution < -0.4 is 5.32 Å². The van der Waals surface area contributed by atoms with Gasteiger partial charge in [-0.2, -0.15) is 0 Å².